The molecule has 1 amide bonds. The van der Waals surface area contributed by atoms with Crippen LogP contribution in [-0.4, -0.2) is 28.1 Å². The molecule has 3 N–H and O–H groups in total. The Labute approximate surface area is 164 Å². The molecule has 0 unspecified atom stereocenters. The number of carbonyl (C=O) groups is 1. The van der Waals surface area contributed by atoms with E-state index in [1.54, 1.807) is 6.21 Å². The van der Waals surface area contributed by atoms with E-state index < -0.39 is 0 Å². The average Bonchev–Trinajstić information content (AvgIpc) is 3.12. The Kier molecular flexibility index (Phi) is 6.78. The number of hydrogen-bond donors (Lipinski definition) is 2. The Balaban J connectivity index is 1.41. The highest BCUT2D eigenvalue weighted by Gasteiger charge is 2.05. The summed E-state index contributed by atoms with van der Waals surface area (Å²) in [4.78, 5) is 11.7. The summed E-state index contributed by atoms with van der Waals surface area (Å²) in [5, 5.41) is 11.8. The molecule has 0 aliphatic heterocycles. The topological polar surface area (TPSA) is 102 Å². The second-order valence-corrected chi connectivity index (χ2v) is 7.56. The lowest BCUT2D eigenvalue weighted by Gasteiger charge is -2.06. The zero-order valence-electron chi connectivity index (χ0n) is 14.2. The van der Waals surface area contributed by atoms with Gasteiger partial charge in [-0.1, -0.05) is 53.4 Å². The predicted octanol–water partition coefficient (Wildman–Crippen LogP) is 2.94. The molecule has 0 bridgehead atoms. The van der Waals surface area contributed by atoms with Crippen molar-refractivity contribution >= 4 is 40.4 Å². The molecule has 0 spiro atoms. The second kappa shape index (κ2) is 9.70. The highest BCUT2D eigenvalue weighted by atomic mass is 32.2. The molecule has 2 aromatic carbocycles. The van der Waals surface area contributed by atoms with Crippen molar-refractivity contribution < 1.29 is 9.53 Å². The maximum atomic E-state index is 11.7. The maximum absolute atomic E-state index is 11.7. The molecule has 0 saturated heterocycles. The van der Waals surface area contributed by atoms with Crippen molar-refractivity contribution in [2.24, 2.45) is 5.10 Å². The molecule has 0 atom stereocenters. The van der Waals surface area contributed by atoms with E-state index >= 15 is 0 Å². The van der Waals surface area contributed by atoms with Gasteiger partial charge < -0.3 is 10.5 Å². The monoisotopic (exact) mass is 399 g/mol. The number of ether oxygens (including phenoxy) is 1. The van der Waals surface area contributed by atoms with Crippen LogP contribution in [0.4, 0.5) is 5.13 Å². The molecular formula is C18H17N5O2S2. The first-order valence-corrected chi connectivity index (χ1v) is 9.80. The van der Waals surface area contributed by atoms with Gasteiger partial charge in [0.1, 0.15) is 12.4 Å². The van der Waals surface area contributed by atoms with Crippen LogP contribution in [0.1, 0.15) is 11.1 Å². The van der Waals surface area contributed by atoms with E-state index in [0.717, 1.165) is 16.9 Å². The second-order valence-electron chi connectivity index (χ2n) is 5.33. The van der Waals surface area contributed by atoms with E-state index in [9.17, 15) is 4.79 Å². The zero-order valence-corrected chi connectivity index (χ0v) is 15.9. The standard InChI is InChI=1S/C18H17N5O2S2/c19-17-22-23-18(27-17)26-12-16(24)21-20-10-13-6-8-15(9-7-13)25-11-14-4-2-1-3-5-14/h1-10H,11-12H2,(H2,19,22)(H,21,24). The van der Waals surface area contributed by atoms with E-state index in [1.165, 1.54) is 23.1 Å². The number of nitrogens with one attached hydrogen (secondary N) is 1. The van der Waals surface area contributed by atoms with Gasteiger partial charge >= 0.3 is 0 Å². The van der Waals surface area contributed by atoms with Crippen LogP contribution in [0.3, 0.4) is 0 Å². The molecule has 0 radical (unpaired) electrons. The van der Waals surface area contributed by atoms with Crippen molar-refractivity contribution in [3.05, 3.63) is 65.7 Å². The van der Waals surface area contributed by atoms with Crippen LogP contribution in [-0.2, 0) is 11.4 Å². The fraction of sp³-hybridized carbons (Fsp3) is 0.111. The molecule has 0 saturated carbocycles. The van der Waals surface area contributed by atoms with Gasteiger partial charge in [0.05, 0.1) is 12.0 Å². The number of amides is 1. The number of benzene rings is 2. The number of carbonyl (C=O) groups excluding carboxylic acids is 1. The normalized spacial score (nSPS) is 10.8. The molecule has 138 valence electrons. The Morgan fingerprint density at radius 1 is 1.19 bits per heavy atom. The summed E-state index contributed by atoms with van der Waals surface area (Å²) >= 11 is 2.51. The Morgan fingerprint density at radius 3 is 2.67 bits per heavy atom. The summed E-state index contributed by atoms with van der Waals surface area (Å²) < 4.78 is 6.38. The van der Waals surface area contributed by atoms with E-state index in [2.05, 4.69) is 20.7 Å². The summed E-state index contributed by atoms with van der Waals surface area (Å²) in [7, 11) is 0. The van der Waals surface area contributed by atoms with E-state index in [4.69, 9.17) is 10.5 Å². The van der Waals surface area contributed by atoms with Crippen molar-refractivity contribution in [1.82, 2.24) is 15.6 Å². The van der Waals surface area contributed by atoms with Crippen molar-refractivity contribution in [2.45, 2.75) is 10.9 Å². The molecule has 1 aromatic heterocycles. The quantitative estimate of drug-likeness (QED) is 0.343. The van der Waals surface area contributed by atoms with Gasteiger partial charge in [0, 0.05) is 0 Å². The van der Waals surface area contributed by atoms with Crippen LogP contribution in [0.25, 0.3) is 0 Å². The minimum absolute atomic E-state index is 0.193. The lowest BCUT2D eigenvalue weighted by atomic mass is 10.2. The minimum atomic E-state index is -0.229. The van der Waals surface area contributed by atoms with Gasteiger partial charge in [-0.05, 0) is 35.4 Å². The first-order valence-electron chi connectivity index (χ1n) is 7.99. The number of hydrogen-bond acceptors (Lipinski definition) is 8. The summed E-state index contributed by atoms with van der Waals surface area (Å²) in [6.45, 7) is 0.516. The van der Waals surface area contributed by atoms with Crippen LogP contribution < -0.4 is 15.9 Å². The molecule has 27 heavy (non-hydrogen) atoms. The molecule has 1 heterocycles. The maximum Gasteiger partial charge on any atom is 0.250 e. The van der Waals surface area contributed by atoms with E-state index in [-0.39, 0.29) is 11.7 Å². The highest BCUT2D eigenvalue weighted by molar-refractivity contribution is 8.01. The number of hydrazone groups is 1. The van der Waals surface area contributed by atoms with Crippen LogP contribution in [0, 0.1) is 0 Å². The van der Waals surface area contributed by atoms with E-state index in [1.807, 2.05) is 54.6 Å². The van der Waals surface area contributed by atoms with Gasteiger partial charge in [-0.2, -0.15) is 5.10 Å². The summed E-state index contributed by atoms with van der Waals surface area (Å²) in [5.41, 5.74) is 9.93. The van der Waals surface area contributed by atoms with Gasteiger partial charge in [0.2, 0.25) is 5.13 Å². The van der Waals surface area contributed by atoms with Crippen LogP contribution >= 0.6 is 23.1 Å². The molecular weight excluding hydrogens is 382 g/mol. The third kappa shape index (κ3) is 6.39. The molecule has 7 nitrogen and oxygen atoms in total. The predicted molar refractivity (Wildman–Crippen MR) is 108 cm³/mol. The lowest BCUT2D eigenvalue weighted by molar-refractivity contribution is -0.118. The Morgan fingerprint density at radius 2 is 1.96 bits per heavy atom. The summed E-state index contributed by atoms with van der Waals surface area (Å²) in [6, 6.07) is 17.4. The number of nitrogens with zero attached hydrogens (tertiary/aromatic N) is 3. The van der Waals surface area contributed by atoms with Gasteiger partial charge in [0.15, 0.2) is 4.34 Å². The van der Waals surface area contributed by atoms with Crippen LogP contribution in [0.5, 0.6) is 5.75 Å². The highest BCUT2D eigenvalue weighted by Crippen LogP contribution is 2.22. The Hall–Kier alpha value is -2.91. The fourth-order valence-electron chi connectivity index (χ4n) is 2.01. The average molecular weight is 400 g/mol. The number of anilines is 1. The smallest absolute Gasteiger partial charge is 0.250 e. The molecule has 3 aromatic rings. The van der Waals surface area contributed by atoms with Gasteiger partial charge in [-0.15, -0.1) is 10.2 Å². The van der Waals surface area contributed by atoms with Crippen LogP contribution in [0.15, 0.2) is 64.0 Å². The van der Waals surface area contributed by atoms with Crippen molar-refractivity contribution in [3.8, 4) is 5.75 Å². The van der Waals surface area contributed by atoms with Crippen LogP contribution in [0.2, 0.25) is 0 Å². The third-order valence-electron chi connectivity index (χ3n) is 3.28. The molecule has 9 heteroatoms. The van der Waals surface area contributed by atoms with E-state index in [0.29, 0.717) is 16.1 Å². The van der Waals surface area contributed by atoms with Crippen molar-refractivity contribution in [2.75, 3.05) is 11.5 Å². The number of rotatable bonds is 8. The van der Waals surface area contributed by atoms with Crippen molar-refractivity contribution in [1.29, 1.82) is 0 Å². The number of nitrogen functional groups attached to an aromatic ring is 1. The lowest BCUT2D eigenvalue weighted by Crippen LogP contribution is -2.19. The first-order chi connectivity index (χ1) is 13.2. The SMILES string of the molecule is Nc1nnc(SCC(=O)NN=Cc2ccc(OCc3ccccc3)cc2)s1. The van der Waals surface area contributed by atoms with Gasteiger partial charge in [0.25, 0.3) is 5.91 Å². The Bertz CT molecular complexity index is 898. The molecule has 3 rings (SSSR count). The number of thioether (sulfide) groups is 1. The van der Waals surface area contributed by atoms with Crippen molar-refractivity contribution in [3.63, 3.8) is 0 Å². The summed E-state index contributed by atoms with van der Waals surface area (Å²) in [5.74, 6) is 0.735. The number of nitrogens with two attached hydrogens (primary N) is 1. The van der Waals surface area contributed by atoms with Gasteiger partial charge in [-0.25, -0.2) is 5.43 Å². The third-order valence-corrected chi connectivity index (χ3v) is 5.17. The minimum Gasteiger partial charge on any atom is -0.489 e. The number of aromatic nitrogens is 2. The molecule has 0 aliphatic rings. The molecule has 0 fully saturated rings. The fourth-order valence-corrected chi connectivity index (χ4v) is 3.44. The first kappa shape index (κ1) is 18.9. The van der Waals surface area contributed by atoms with Gasteiger partial charge in [-0.3, -0.25) is 4.79 Å². The zero-order chi connectivity index (χ0) is 18.9. The largest absolute Gasteiger partial charge is 0.489 e. The molecule has 0 aliphatic carbocycles. The summed E-state index contributed by atoms with van der Waals surface area (Å²) in [6.07, 6.45) is 1.58.